The fourth-order valence-corrected chi connectivity index (χ4v) is 8.76. The summed E-state index contributed by atoms with van der Waals surface area (Å²) in [6.45, 7) is 0. The van der Waals surface area contributed by atoms with Crippen molar-refractivity contribution < 1.29 is 66.9 Å². The third kappa shape index (κ3) is 10.6. The maximum atomic E-state index is 13.1. The number of nitrogens with one attached hydrogen (secondary N) is 2. The summed E-state index contributed by atoms with van der Waals surface area (Å²) in [6, 6.07) is 14.4. The molecule has 0 unspecified atom stereocenters. The normalized spacial score (nSPS) is 11.9. The van der Waals surface area contributed by atoms with Crippen LogP contribution in [0.3, 0.4) is 0 Å². The number of hydrogen-bond acceptors (Lipinski definition) is 15. The molecular formula is C33H26N8Na4O15S4. The minimum absolute atomic E-state index is 0. The molecule has 316 valence electrons. The first-order valence-corrected chi connectivity index (χ1v) is 22.0. The molecule has 0 aliphatic heterocycles. The van der Waals surface area contributed by atoms with Gasteiger partial charge in [0.05, 0.1) is 20.6 Å². The Morgan fingerprint density at radius 2 is 0.828 bits per heavy atom. The van der Waals surface area contributed by atoms with Crippen LogP contribution in [0.2, 0.25) is 0 Å². The quantitative estimate of drug-likeness (QED) is 0.0774. The molecular weight excluding hydrogens is 969 g/mol. The van der Waals surface area contributed by atoms with Crippen LogP contribution in [0.15, 0.2) is 105 Å². The Bertz CT molecular complexity index is 3450. The van der Waals surface area contributed by atoms with Gasteiger partial charge in [0.1, 0.15) is 54.7 Å². The molecule has 6 aromatic carbocycles. The molecule has 0 bridgehead atoms. The summed E-state index contributed by atoms with van der Waals surface area (Å²) in [7, 11) is -19.5. The SMILES string of the molecule is O=C(Nc1ccc(-n2nc3ccc4cc(S(=O)(=O)O)cc(O)c4c3n2)c(S(=O)(=O)O)c1)Nc1ccc(-n2nc3ccc4cc(S(=O)(=O)O)cc(O)c4c3n2)c(S(=O)(=O)O)c1.[NaH].[NaH].[NaH].[NaH]. The van der Waals surface area contributed by atoms with Gasteiger partial charge in [0.25, 0.3) is 40.5 Å². The molecule has 0 saturated heterocycles. The molecule has 31 heteroatoms. The van der Waals surface area contributed by atoms with Crippen LogP contribution in [0.5, 0.6) is 11.5 Å². The molecule has 0 radical (unpaired) electrons. The minimum atomic E-state index is -5.07. The van der Waals surface area contributed by atoms with E-state index in [1.807, 2.05) is 0 Å². The van der Waals surface area contributed by atoms with Crippen molar-refractivity contribution in [2.75, 3.05) is 10.6 Å². The van der Waals surface area contributed by atoms with Crippen molar-refractivity contribution in [1.82, 2.24) is 30.0 Å². The van der Waals surface area contributed by atoms with Gasteiger partial charge in [-0.3, -0.25) is 18.2 Å². The first-order valence-electron chi connectivity index (χ1n) is 16.3. The number of phenols is 2. The van der Waals surface area contributed by atoms with Gasteiger partial charge in [-0.1, -0.05) is 12.1 Å². The summed E-state index contributed by atoms with van der Waals surface area (Å²) in [5.41, 5.74) is -0.965. The summed E-state index contributed by atoms with van der Waals surface area (Å²) >= 11 is 0. The van der Waals surface area contributed by atoms with Crippen LogP contribution in [0.25, 0.3) is 55.0 Å². The van der Waals surface area contributed by atoms with E-state index in [0.717, 1.165) is 58.1 Å². The Labute approximate surface area is 448 Å². The fraction of sp³-hybridized carbons (Fsp3) is 0. The summed E-state index contributed by atoms with van der Waals surface area (Å²) in [5, 5.41) is 42.9. The van der Waals surface area contributed by atoms with Gasteiger partial charge >= 0.3 is 124 Å². The molecule has 8 rings (SSSR count). The van der Waals surface area contributed by atoms with Gasteiger partial charge in [0.15, 0.2) is 0 Å². The topological polar surface area (TPSA) is 360 Å². The van der Waals surface area contributed by atoms with Gasteiger partial charge in [-0.15, -0.1) is 30.0 Å². The van der Waals surface area contributed by atoms with Crippen LogP contribution < -0.4 is 10.6 Å². The monoisotopic (exact) mass is 994 g/mol. The molecule has 0 aliphatic rings. The number of rotatable bonds is 8. The van der Waals surface area contributed by atoms with Crippen molar-refractivity contribution in [3.63, 3.8) is 0 Å². The number of amides is 2. The Morgan fingerprint density at radius 1 is 0.469 bits per heavy atom. The predicted molar refractivity (Wildman–Crippen MR) is 237 cm³/mol. The van der Waals surface area contributed by atoms with Crippen LogP contribution in [0, 0.1) is 0 Å². The molecule has 8 aromatic rings. The van der Waals surface area contributed by atoms with Gasteiger partial charge in [0, 0.05) is 23.5 Å². The number of aromatic nitrogens is 6. The number of nitrogens with zero attached hydrogens (tertiary/aromatic N) is 6. The van der Waals surface area contributed by atoms with E-state index in [4.69, 9.17) is 0 Å². The molecule has 0 fully saturated rings. The molecule has 64 heavy (non-hydrogen) atoms. The van der Waals surface area contributed by atoms with Crippen molar-refractivity contribution in [3.8, 4) is 22.9 Å². The third-order valence-corrected chi connectivity index (χ3v) is 12.3. The van der Waals surface area contributed by atoms with E-state index in [9.17, 15) is 66.9 Å². The van der Waals surface area contributed by atoms with Gasteiger partial charge in [-0.05, 0) is 71.4 Å². The van der Waals surface area contributed by atoms with Crippen molar-refractivity contribution in [3.05, 3.63) is 84.9 Å². The van der Waals surface area contributed by atoms with Crippen molar-refractivity contribution in [1.29, 1.82) is 0 Å². The predicted octanol–water partition coefficient (Wildman–Crippen LogP) is 0.909. The summed E-state index contributed by atoms with van der Waals surface area (Å²) < 4.78 is 136. The second kappa shape index (κ2) is 19.4. The molecule has 2 heterocycles. The summed E-state index contributed by atoms with van der Waals surface area (Å²) in [5.74, 6) is -1.20. The number of aromatic hydroxyl groups is 2. The molecule has 0 atom stereocenters. The zero-order valence-corrected chi connectivity index (χ0v) is 32.5. The fourth-order valence-electron chi connectivity index (χ4n) is 6.31. The van der Waals surface area contributed by atoms with E-state index < -0.39 is 77.6 Å². The second-order valence-electron chi connectivity index (χ2n) is 12.8. The Balaban J connectivity index is 0.00000224. The van der Waals surface area contributed by atoms with Crippen LogP contribution >= 0.6 is 0 Å². The average molecular weight is 995 g/mol. The molecule has 2 amide bonds. The third-order valence-electron chi connectivity index (χ3n) is 8.86. The molecule has 23 nitrogen and oxygen atoms in total. The molecule has 8 N–H and O–H groups in total. The summed E-state index contributed by atoms with van der Waals surface area (Å²) in [6.07, 6.45) is 0. The van der Waals surface area contributed by atoms with Crippen LogP contribution in [-0.4, -0.2) is 216 Å². The molecule has 0 aliphatic carbocycles. The Kier molecular flexibility index (Phi) is 16.3. The van der Waals surface area contributed by atoms with E-state index in [1.54, 1.807) is 0 Å². The molecule has 0 spiro atoms. The molecule has 0 saturated carbocycles. The van der Waals surface area contributed by atoms with Crippen LogP contribution in [0.1, 0.15) is 0 Å². The number of urea groups is 1. The van der Waals surface area contributed by atoms with Gasteiger partial charge in [-0.2, -0.15) is 33.7 Å². The Morgan fingerprint density at radius 3 is 1.16 bits per heavy atom. The van der Waals surface area contributed by atoms with Crippen LogP contribution in [-0.2, 0) is 40.5 Å². The number of carbonyl (C=O) groups excluding carboxylic acids is 1. The average Bonchev–Trinajstić information content (AvgIpc) is 3.78. The van der Waals surface area contributed by atoms with Gasteiger partial charge < -0.3 is 20.8 Å². The van der Waals surface area contributed by atoms with Crippen molar-refractivity contribution >= 4 is 220 Å². The van der Waals surface area contributed by atoms with E-state index in [0.29, 0.717) is 0 Å². The van der Waals surface area contributed by atoms with E-state index in [1.165, 1.54) is 36.4 Å². The number of phenolic OH excluding ortho intramolecular Hbond substituents is 2. The van der Waals surface area contributed by atoms with Gasteiger partial charge in [0.2, 0.25) is 0 Å². The maximum absolute atomic E-state index is 13.1. The number of hydrogen-bond donors (Lipinski definition) is 8. The summed E-state index contributed by atoms with van der Waals surface area (Å²) in [4.78, 5) is 11.9. The van der Waals surface area contributed by atoms with Crippen LogP contribution in [0.4, 0.5) is 16.2 Å². The number of carbonyl (C=O) groups is 1. The molecule has 2 aromatic heterocycles. The standard InChI is InChI=1S/C33H22N8O15S4.4Na.4H/c42-25-13-19(57(45,46)47)9-15-1-5-21-31(29(15)25)38-40(36-21)23-7-3-17(11-27(23)59(51,52)53)34-33(44)35-18-4-8-24(28(12-18)60(54,55)56)41-37-22-6-2-16-10-20(58(48,49)50)14-26(43)30(16)32(22)39-41;;;;;;;;/h1-14,42-43H,(H2,34,35,44)(H,45,46,47)(H,48,49,50)(H,51,52,53)(H,54,55,56);;;;;;;;. The number of benzene rings is 6. The van der Waals surface area contributed by atoms with Gasteiger partial charge in [-0.25, -0.2) is 4.79 Å². The van der Waals surface area contributed by atoms with Crippen molar-refractivity contribution in [2.24, 2.45) is 0 Å². The van der Waals surface area contributed by atoms with E-state index >= 15 is 0 Å². The number of anilines is 2. The zero-order valence-electron chi connectivity index (χ0n) is 29.3. The second-order valence-corrected chi connectivity index (χ2v) is 18.4. The number of fused-ring (bicyclic) bond motifs is 6. The van der Waals surface area contributed by atoms with E-state index in [2.05, 4.69) is 31.0 Å². The zero-order chi connectivity index (χ0) is 43.3. The van der Waals surface area contributed by atoms with Crippen molar-refractivity contribution in [2.45, 2.75) is 19.6 Å². The Hall–Kier alpha value is -2.85. The first kappa shape index (κ1) is 53.8. The first-order chi connectivity index (χ1) is 28.0. The van der Waals surface area contributed by atoms with E-state index in [-0.39, 0.29) is 185 Å².